The third kappa shape index (κ3) is 3.99. The van der Waals surface area contributed by atoms with E-state index in [9.17, 15) is 22.8 Å². The molecule has 144 valence electrons. The van der Waals surface area contributed by atoms with Gasteiger partial charge in [0.1, 0.15) is 11.3 Å². The zero-order valence-corrected chi connectivity index (χ0v) is 14.9. The molecule has 1 unspecified atom stereocenters. The van der Waals surface area contributed by atoms with Crippen LogP contribution in [-0.4, -0.2) is 16.9 Å². The molecule has 0 bridgehead atoms. The number of aryl methyl sites for hydroxylation is 1. The fraction of sp³-hybridized carbons (Fsp3) is 0.368. The van der Waals surface area contributed by atoms with Crippen molar-refractivity contribution < 1.29 is 18.0 Å². The third-order valence-electron chi connectivity index (χ3n) is 4.72. The van der Waals surface area contributed by atoms with Crippen molar-refractivity contribution in [2.75, 3.05) is 5.32 Å². The molecule has 0 saturated heterocycles. The number of benzene rings is 1. The molecule has 2 aromatic rings. The number of aromatic nitrogens is 1. The lowest BCUT2D eigenvalue weighted by Crippen LogP contribution is -2.39. The van der Waals surface area contributed by atoms with Crippen LogP contribution in [0.2, 0.25) is 0 Å². The van der Waals surface area contributed by atoms with Crippen molar-refractivity contribution >= 4 is 11.6 Å². The number of hydrogen-bond acceptors (Lipinski definition) is 3. The molecule has 1 amide bonds. The summed E-state index contributed by atoms with van der Waals surface area (Å²) in [4.78, 5) is 26.2. The van der Waals surface area contributed by atoms with E-state index in [1.807, 2.05) is 32.0 Å². The van der Waals surface area contributed by atoms with Crippen LogP contribution in [0, 0.1) is 6.92 Å². The molecular weight excluding hydrogens is 359 g/mol. The second-order valence-corrected chi connectivity index (χ2v) is 6.71. The lowest BCUT2D eigenvalue weighted by Gasteiger charge is -2.33. The normalized spacial score (nSPS) is 19.1. The van der Waals surface area contributed by atoms with Crippen molar-refractivity contribution in [3.05, 3.63) is 63.1 Å². The lowest BCUT2D eigenvalue weighted by atomic mass is 9.90. The Morgan fingerprint density at radius 1 is 1.26 bits per heavy atom. The van der Waals surface area contributed by atoms with Crippen LogP contribution in [0.5, 0.6) is 0 Å². The summed E-state index contributed by atoms with van der Waals surface area (Å²) in [6.45, 7) is 3.96. The second-order valence-electron chi connectivity index (χ2n) is 6.71. The average Bonchev–Trinajstić information content (AvgIpc) is 2.60. The summed E-state index contributed by atoms with van der Waals surface area (Å²) in [5.41, 5.74) is 0.244. The molecule has 5 nitrogen and oxygen atoms in total. The molecule has 8 heteroatoms. The number of alkyl halides is 3. The van der Waals surface area contributed by atoms with Gasteiger partial charge in [0.15, 0.2) is 0 Å². The minimum atomic E-state index is -4.67. The maximum atomic E-state index is 12.7. The van der Waals surface area contributed by atoms with Gasteiger partial charge in [0.05, 0.1) is 6.04 Å². The Balaban J connectivity index is 1.88. The number of halogens is 3. The smallest absolute Gasteiger partial charge is 0.382 e. The van der Waals surface area contributed by atoms with Gasteiger partial charge in [-0.1, -0.05) is 24.6 Å². The van der Waals surface area contributed by atoms with Crippen LogP contribution < -0.4 is 16.2 Å². The fourth-order valence-corrected chi connectivity index (χ4v) is 3.25. The Kier molecular flexibility index (Phi) is 4.99. The van der Waals surface area contributed by atoms with Gasteiger partial charge in [-0.15, -0.1) is 0 Å². The molecule has 1 aliphatic heterocycles. The van der Waals surface area contributed by atoms with E-state index in [0.717, 1.165) is 29.3 Å². The van der Waals surface area contributed by atoms with E-state index in [1.165, 1.54) is 0 Å². The van der Waals surface area contributed by atoms with Crippen molar-refractivity contribution in [3.8, 4) is 0 Å². The largest absolute Gasteiger partial charge is 0.431 e. The van der Waals surface area contributed by atoms with Gasteiger partial charge in [0, 0.05) is 11.7 Å². The minimum absolute atomic E-state index is 0.149. The van der Waals surface area contributed by atoms with Gasteiger partial charge in [-0.05, 0) is 43.5 Å². The van der Waals surface area contributed by atoms with Crippen molar-refractivity contribution in [3.63, 3.8) is 0 Å². The number of carbonyl (C=O) groups excluding carboxylic acids is 1. The molecule has 1 aromatic carbocycles. The van der Waals surface area contributed by atoms with Gasteiger partial charge in [0.25, 0.3) is 11.5 Å². The second kappa shape index (κ2) is 7.09. The van der Waals surface area contributed by atoms with Gasteiger partial charge < -0.3 is 15.6 Å². The quantitative estimate of drug-likeness (QED) is 0.760. The number of H-pyrrole nitrogens is 1. The van der Waals surface area contributed by atoms with Gasteiger partial charge in [-0.2, -0.15) is 13.2 Å². The van der Waals surface area contributed by atoms with Crippen LogP contribution in [-0.2, 0) is 6.18 Å². The van der Waals surface area contributed by atoms with Gasteiger partial charge in [-0.25, -0.2) is 0 Å². The molecule has 0 radical (unpaired) electrons. The molecule has 3 rings (SSSR count). The highest BCUT2D eigenvalue weighted by Gasteiger charge is 2.33. The number of hydrogen-bond donors (Lipinski definition) is 3. The van der Waals surface area contributed by atoms with Gasteiger partial charge in [0.2, 0.25) is 0 Å². The zero-order valence-electron chi connectivity index (χ0n) is 14.9. The Morgan fingerprint density at radius 2 is 2.00 bits per heavy atom. The monoisotopic (exact) mass is 379 g/mol. The molecule has 0 spiro atoms. The van der Waals surface area contributed by atoms with E-state index < -0.39 is 23.3 Å². The predicted molar refractivity (Wildman–Crippen MR) is 95.8 cm³/mol. The molecule has 0 saturated carbocycles. The summed E-state index contributed by atoms with van der Waals surface area (Å²) in [6, 6.07) is 7.28. The summed E-state index contributed by atoms with van der Waals surface area (Å²) in [6.07, 6.45) is -3.20. The van der Waals surface area contributed by atoms with E-state index in [1.54, 1.807) is 4.98 Å². The highest BCUT2D eigenvalue weighted by atomic mass is 19.4. The van der Waals surface area contributed by atoms with Crippen LogP contribution in [0.4, 0.5) is 18.9 Å². The molecular formula is C19H20F3N3O2. The van der Waals surface area contributed by atoms with Crippen LogP contribution >= 0.6 is 0 Å². The first-order valence-corrected chi connectivity index (χ1v) is 8.67. The van der Waals surface area contributed by atoms with E-state index in [4.69, 9.17) is 0 Å². The summed E-state index contributed by atoms with van der Waals surface area (Å²) in [5.74, 6) is -0.695. The zero-order chi connectivity index (χ0) is 19.8. The Morgan fingerprint density at radius 3 is 2.63 bits per heavy atom. The van der Waals surface area contributed by atoms with Crippen LogP contribution in [0.25, 0.3) is 0 Å². The highest BCUT2D eigenvalue weighted by Crippen LogP contribution is 2.34. The summed E-state index contributed by atoms with van der Waals surface area (Å²) < 4.78 is 38.0. The summed E-state index contributed by atoms with van der Waals surface area (Å²) >= 11 is 0. The van der Waals surface area contributed by atoms with Crippen molar-refractivity contribution in [1.82, 2.24) is 10.3 Å². The molecule has 0 aliphatic carbocycles. The molecule has 2 heterocycles. The molecule has 1 aliphatic rings. The summed E-state index contributed by atoms with van der Waals surface area (Å²) in [5, 5.41) is 6.21. The molecule has 1 aromatic heterocycles. The standard InChI is InChI=1S/C19H20F3N3O2/c1-3-11-9-15(13-8-10(2)4-6-14(13)23-11)24-17(26)12-5-7-16(19(20,21)22)25-18(12)27/h4-8,11,15,23H,3,9H2,1-2H3,(H,24,26)(H,25,27)/t11-,15?/m0/s1. The van der Waals surface area contributed by atoms with Crippen LogP contribution in [0.1, 0.15) is 53.0 Å². The Labute approximate surface area is 154 Å². The van der Waals surface area contributed by atoms with Crippen LogP contribution in [0.3, 0.4) is 0 Å². The van der Waals surface area contributed by atoms with Crippen molar-refractivity contribution in [2.45, 2.75) is 44.9 Å². The fourth-order valence-electron chi connectivity index (χ4n) is 3.25. The highest BCUT2D eigenvalue weighted by molar-refractivity contribution is 5.94. The van der Waals surface area contributed by atoms with E-state index in [-0.39, 0.29) is 17.6 Å². The predicted octanol–water partition coefficient (Wildman–Crippen LogP) is 3.77. The van der Waals surface area contributed by atoms with E-state index >= 15 is 0 Å². The van der Waals surface area contributed by atoms with E-state index in [0.29, 0.717) is 12.5 Å². The number of nitrogens with one attached hydrogen (secondary N) is 3. The molecule has 27 heavy (non-hydrogen) atoms. The molecule has 2 atom stereocenters. The molecule has 0 fully saturated rings. The lowest BCUT2D eigenvalue weighted by molar-refractivity contribution is -0.141. The number of pyridine rings is 1. The topological polar surface area (TPSA) is 74.0 Å². The van der Waals surface area contributed by atoms with Crippen molar-refractivity contribution in [2.24, 2.45) is 0 Å². The first kappa shape index (κ1) is 19.0. The number of anilines is 1. The average molecular weight is 379 g/mol. The first-order chi connectivity index (χ1) is 12.7. The number of aromatic amines is 1. The Hall–Kier alpha value is -2.77. The number of rotatable bonds is 3. The maximum Gasteiger partial charge on any atom is 0.431 e. The first-order valence-electron chi connectivity index (χ1n) is 8.67. The Bertz CT molecular complexity index is 921. The SMILES string of the molecule is CC[C@H]1CC(NC(=O)c2ccc(C(F)(F)F)[nH]c2=O)c2cc(C)ccc2N1. The van der Waals surface area contributed by atoms with Gasteiger partial charge >= 0.3 is 6.18 Å². The number of carbonyl (C=O) groups is 1. The summed E-state index contributed by atoms with van der Waals surface area (Å²) in [7, 11) is 0. The number of amides is 1. The third-order valence-corrected chi connectivity index (χ3v) is 4.72. The van der Waals surface area contributed by atoms with Crippen molar-refractivity contribution in [1.29, 1.82) is 0 Å². The van der Waals surface area contributed by atoms with E-state index in [2.05, 4.69) is 10.6 Å². The molecule has 3 N–H and O–H groups in total. The minimum Gasteiger partial charge on any atom is -0.382 e. The number of fused-ring (bicyclic) bond motifs is 1. The van der Waals surface area contributed by atoms with Gasteiger partial charge in [-0.3, -0.25) is 9.59 Å². The maximum absolute atomic E-state index is 12.7. The van der Waals surface area contributed by atoms with Crippen LogP contribution in [0.15, 0.2) is 35.1 Å².